The van der Waals surface area contributed by atoms with Crippen molar-refractivity contribution in [3.8, 4) is 0 Å². The summed E-state index contributed by atoms with van der Waals surface area (Å²) in [7, 11) is 0. The molecule has 3 heteroatoms. The zero-order valence-corrected chi connectivity index (χ0v) is 5.40. The zero-order chi connectivity index (χ0) is 6.15. The van der Waals surface area contributed by atoms with Gasteiger partial charge < -0.3 is 5.73 Å². The van der Waals surface area contributed by atoms with E-state index in [0.717, 1.165) is 12.8 Å². The summed E-state index contributed by atoms with van der Waals surface area (Å²) in [5.74, 6) is 0.160. The standard InChI is InChI=1S/C5H9NOS/c6-4-1-3(2-4)5(7)8/h3-4H,1-2,6H2,(H,7,8). The minimum absolute atomic E-state index is 0.00769. The van der Waals surface area contributed by atoms with Gasteiger partial charge in [0.05, 0.1) is 0 Å². The van der Waals surface area contributed by atoms with Gasteiger partial charge in [-0.1, -0.05) is 0 Å². The SMILES string of the molecule is NC1CC(C(=O)S)C1. The van der Waals surface area contributed by atoms with Crippen molar-refractivity contribution in [2.75, 3.05) is 0 Å². The Hall–Kier alpha value is -0.0200. The van der Waals surface area contributed by atoms with Crippen molar-refractivity contribution in [2.45, 2.75) is 18.9 Å². The van der Waals surface area contributed by atoms with Crippen LogP contribution in [0.15, 0.2) is 0 Å². The lowest BCUT2D eigenvalue weighted by Crippen LogP contribution is -2.38. The molecule has 0 saturated heterocycles. The van der Waals surface area contributed by atoms with Crippen LogP contribution in [-0.4, -0.2) is 11.2 Å². The van der Waals surface area contributed by atoms with Crippen molar-refractivity contribution in [2.24, 2.45) is 11.7 Å². The first kappa shape index (κ1) is 6.11. The molecule has 0 aromatic carbocycles. The molecule has 1 rings (SSSR count). The topological polar surface area (TPSA) is 43.1 Å². The Bertz CT molecular complexity index is 109. The fourth-order valence-corrected chi connectivity index (χ4v) is 1.07. The number of nitrogens with two attached hydrogens (primary N) is 1. The summed E-state index contributed by atoms with van der Waals surface area (Å²) >= 11 is 3.67. The molecular weight excluding hydrogens is 122 g/mol. The van der Waals surface area contributed by atoms with Gasteiger partial charge in [0.15, 0.2) is 5.12 Å². The van der Waals surface area contributed by atoms with E-state index in [0.29, 0.717) is 0 Å². The lowest BCUT2D eigenvalue weighted by molar-refractivity contribution is -0.116. The van der Waals surface area contributed by atoms with E-state index < -0.39 is 0 Å². The summed E-state index contributed by atoms with van der Waals surface area (Å²) < 4.78 is 0. The maximum absolute atomic E-state index is 10.4. The first-order chi connectivity index (χ1) is 3.70. The minimum Gasteiger partial charge on any atom is -0.328 e. The van der Waals surface area contributed by atoms with Crippen LogP contribution in [0, 0.1) is 5.92 Å². The quantitative estimate of drug-likeness (QED) is 0.498. The number of thiol groups is 1. The fourth-order valence-electron chi connectivity index (χ4n) is 0.864. The van der Waals surface area contributed by atoms with E-state index in [1.807, 2.05) is 0 Å². The molecule has 2 nitrogen and oxygen atoms in total. The monoisotopic (exact) mass is 131 g/mol. The Morgan fingerprint density at radius 1 is 1.62 bits per heavy atom. The van der Waals surface area contributed by atoms with Crippen molar-refractivity contribution >= 4 is 17.7 Å². The lowest BCUT2D eigenvalue weighted by Gasteiger charge is -2.29. The van der Waals surface area contributed by atoms with Gasteiger partial charge in [-0.3, -0.25) is 4.79 Å². The molecule has 0 unspecified atom stereocenters. The predicted molar refractivity (Wildman–Crippen MR) is 34.7 cm³/mol. The summed E-state index contributed by atoms with van der Waals surface area (Å²) in [6.45, 7) is 0. The molecule has 0 aromatic heterocycles. The van der Waals surface area contributed by atoms with E-state index >= 15 is 0 Å². The smallest absolute Gasteiger partial charge is 0.189 e. The molecule has 1 saturated carbocycles. The number of rotatable bonds is 1. The maximum Gasteiger partial charge on any atom is 0.189 e. The molecule has 0 radical (unpaired) electrons. The van der Waals surface area contributed by atoms with Gasteiger partial charge in [0.25, 0.3) is 0 Å². The number of carbonyl (C=O) groups excluding carboxylic acids is 1. The molecule has 1 aliphatic rings. The molecule has 46 valence electrons. The van der Waals surface area contributed by atoms with Gasteiger partial charge in [0.1, 0.15) is 0 Å². The van der Waals surface area contributed by atoms with Gasteiger partial charge in [0, 0.05) is 12.0 Å². The highest BCUT2D eigenvalue weighted by Gasteiger charge is 2.29. The van der Waals surface area contributed by atoms with Crippen LogP contribution in [-0.2, 0) is 4.79 Å². The normalized spacial score (nSPS) is 36.2. The Balaban J connectivity index is 2.25. The summed E-state index contributed by atoms with van der Waals surface area (Å²) in [6, 6.07) is 0.260. The first-order valence-electron chi connectivity index (χ1n) is 2.68. The van der Waals surface area contributed by atoms with Gasteiger partial charge >= 0.3 is 0 Å². The van der Waals surface area contributed by atoms with Gasteiger partial charge in [-0.15, -0.1) is 12.6 Å². The highest BCUT2D eigenvalue weighted by atomic mass is 32.1. The molecule has 0 spiro atoms. The second-order valence-corrected chi connectivity index (χ2v) is 2.71. The first-order valence-corrected chi connectivity index (χ1v) is 3.13. The molecule has 8 heavy (non-hydrogen) atoms. The van der Waals surface area contributed by atoms with E-state index in [-0.39, 0.29) is 17.1 Å². The fraction of sp³-hybridized carbons (Fsp3) is 0.800. The third-order valence-electron chi connectivity index (χ3n) is 1.52. The summed E-state index contributed by atoms with van der Waals surface area (Å²) in [6.07, 6.45) is 1.67. The molecule has 0 amide bonds. The second-order valence-electron chi connectivity index (χ2n) is 2.27. The van der Waals surface area contributed by atoms with E-state index in [4.69, 9.17) is 5.73 Å². The largest absolute Gasteiger partial charge is 0.328 e. The van der Waals surface area contributed by atoms with E-state index in [2.05, 4.69) is 12.6 Å². The molecule has 1 fully saturated rings. The average Bonchev–Trinajstić information content (AvgIpc) is 1.57. The third kappa shape index (κ3) is 1.03. The Morgan fingerprint density at radius 2 is 2.12 bits per heavy atom. The minimum atomic E-state index is -0.00769. The van der Waals surface area contributed by atoms with Gasteiger partial charge in [-0.05, 0) is 12.8 Å². The highest BCUT2D eigenvalue weighted by molar-refractivity contribution is 7.96. The third-order valence-corrected chi connectivity index (χ3v) is 1.89. The van der Waals surface area contributed by atoms with Crippen molar-refractivity contribution in [1.82, 2.24) is 0 Å². The van der Waals surface area contributed by atoms with Gasteiger partial charge in [-0.2, -0.15) is 0 Å². The van der Waals surface area contributed by atoms with Crippen molar-refractivity contribution in [3.63, 3.8) is 0 Å². The van der Waals surface area contributed by atoms with Crippen LogP contribution in [0.2, 0.25) is 0 Å². The highest BCUT2D eigenvalue weighted by Crippen LogP contribution is 2.26. The number of hydrogen-bond acceptors (Lipinski definition) is 2. The Morgan fingerprint density at radius 3 is 2.25 bits per heavy atom. The molecule has 2 N–H and O–H groups in total. The van der Waals surface area contributed by atoms with Crippen molar-refractivity contribution in [1.29, 1.82) is 0 Å². The molecule has 0 aromatic rings. The van der Waals surface area contributed by atoms with Crippen LogP contribution in [0.3, 0.4) is 0 Å². The van der Waals surface area contributed by atoms with Crippen molar-refractivity contribution in [3.05, 3.63) is 0 Å². The van der Waals surface area contributed by atoms with Gasteiger partial charge in [0.2, 0.25) is 0 Å². The van der Waals surface area contributed by atoms with Crippen LogP contribution in [0.4, 0.5) is 0 Å². The van der Waals surface area contributed by atoms with E-state index in [1.54, 1.807) is 0 Å². The predicted octanol–water partition coefficient (Wildman–Crippen LogP) is 0.180. The van der Waals surface area contributed by atoms with Crippen LogP contribution in [0.1, 0.15) is 12.8 Å². The van der Waals surface area contributed by atoms with Crippen LogP contribution < -0.4 is 5.73 Å². The average molecular weight is 131 g/mol. The van der Waals surface area contributed by atoms with Gasteiger partial charge in [-0.25, -0.2) is 0 Å². The van der Waals surface area contributed by atoms with Crippen LogP contribution in [0.25, 0.3) is 0 Å². The Labute approximate surface area is 53.8 Å². The molecular formula is C5H9NOS. The maximum atomic E-state index is 10.4. The van der Waals surface area contributed by atoms with Crippen LogP contribution >= 0.6 is 12.6 Å². The second kappa shape index (κ2) is 2.07. The summed E-state index contributed by atoms with van der Waals surface area (Å²) in [5.41, 5.74) is 5.42. The van der Waals surface area contributed by atoms with Crippen LogP contribution in [0.5, 0.6) is 0 Å². The lowest BCUT2D eigenvalue weighted by atomic mass is 9.82. The number of carbonyl (C=O) groups is 1. The van der Waals surface area contributed by atoms with E-state index in [1.165, 1.54) is 0 Å². The number of hydrogen-bond donors (Lipinski definition) is 2. The zero-order valence-electron chi connectivity index (χ0n) is 4.50. The molecule has 0 heterocycles. The summed E-state index contributed by atoms with van der Waals surface area (Å²) in [4.78, 5) is 10.4. The summed E-state index contributed by atoms with van der Waals surface area (Å²) in [5, 5.41) is -0.00769. The molecule has 0 aliphatic heterocycles. The Kier molecular flexibility index (Phi) is 1.58. The molecule has 0 atom stereocenters. The molecule has 0 bridgehead atoms. The van der Waals surface area contributed by atoms with Crippen molar-refractivity contribution < 1.29 is 4.79 Å². The van der Waals surface area contributed by atoms with E-state index in [9.17, 15) is 4.79 Å². The molecule has 1 aliphatic carbocycles.